The van der Waals surface area contributed by atoms with Crippen molar-refractivity contribution in [2.45, 2.75) is 27.2 Å². The number of carbonyl (C=O) groups is 1. The molecular weight excluding hydrogens is 180 g/mol. The zero-order valence-electron chi connectivity index (χ0n) is 9.16. The number of rotatable bonds is 5. The Kier molecular flexibility index (Phi) is 6.53. The largest absolute Gasteiger partial charge is 0.388 e. The molecular formula is C9H20N4O. The van der Waals surface area contributed by atoms with E-state index in [1.807, 2.05) is 20.8 Å². The van der Waals surface area contributed by atoms with Crippen LogP contribution in [0, 0.1) is 5.92 Å². The number of amides is 2. The van der Waals surface area contributed by atoms with Crippen LogP contribution in [0.25, 0.3) is 0 Å². The van der Waals surface area contributed by atoms with Crippen LogP contribution in [-0.4, -0.2) is 30.5 Å². The average molecular weight is 200 g/mol. The number of carbonyl (C=O) groups excluding carboxylic acids is 1. The number of hydrogen-bond donors (Lipinski definition) is 2. The molecule has 0 aliphatic rings. The highest BCUT2D eigenvalue weighted by Crippen LogP contribution is 1.94. The van der Waals surface area contributed by atoms with Gasteiger partial charge in [-0.25, -0.2) is 9.80 Å². The molecule has 0 aromatic heterocycles. The molecule has 0 aliphatic heterocycles. The summed E-state index contributed by atoms with van der Waals surface area (Å²) < 4.78 is 0. The number of nitrogens with zero attached hydrogens (tertiary/aromatic N) is 2. The maximum atomic E-state index is 11.5. The van der Waals surface area contributed by atoms with Crippen molar-refractivity contribution in [1.29, 1.82) is 0 Å². The summed E-state index contributed by atoms with van der Waals surface area (Å²) in [5.74, 6) is 0.435. The molecule has 0 spiro atoms. The molecule has 0 heterocycles. The number of nitrogens with two attached hydrogens (primary N) is 1. The van der Waals surface area contributed by atoms with Gasteiger partial charge in [0.05, 0.1) is 0 Å². The van der Waals surface area contributed by atoms with Crippen LogP contribution >= 0.6 is 0 Å². The van der Waals surface area contributed by atoms with Crippen molar-refractivity contribution in [3.8, 4) is 0 Å². The minimum absolute atomic E-state index is 0.192. The average Bonchev–Trinajstić information content (AvgIpc) is 2.14. The van der Waals surface area contributed by atoms with Crippen LogP contribution in [0.15, 0.2) is 5.10 Å². The van der Waals surface area contributed by atoms with E-state index in [0.29, 0.717) is 19.0 Å². The Labute approximate surface area is 85.3 Å². The van der Waals surface area contributed by atoms with E-state index in [2.05, 4.69) is 10.4 Å². The van der Waals surface area contributed by atoms with Crippen molar-refractivity contribution >= 4 is 12.4 Å². The lowest BCUT2D eigenvalue weighted by molar-refractivity contribution is 0.199. The molecule has 0 aliphatic carbocycles. The lowest BCUT2D eigenvalue weighted by Crippen LogP contribution is -2.39. The predicted molar refractivity (Wildman–Crippen MR) is 57.9 cm³/mol. The Morgan fingerprint density at radius 3 is 2.71 bits per heavy atom. The van der Waals surface area contributed by atoms with Crippen LogP contribution in [-0.2, 0) is 0 Å². The smallest absolute Gasteiger partial charge is 0.337 e. The molecule has 0 radical (unpaired) electrons. The maximum Gasteiger partial charge on any atom is 0.337 e. The zero-order chi connectivity index (χ0) is 11.0. The van der Waals surface area contributed by atoms with Crippen LogP contribution in [0.1, 0.15) is 27.2 Å². The van der Waals surface area contributed by atoms with E-state index in [-0.39, 0.29) is 6.03 Å². The molecule has 0 saturated carbocycles. The first-order valence-electron chi connectivity index (χ1n) is 4.91. The van der Waals surface area contributed by atoms with E-state index in [9.17, 15) is 4.79 Å². The Morgan fingerprint density at radius 1 is 1.64 bits per heavy atom. The van der Waals surface area contributed by atoms with Crippen molar-refractivity contribution in [2.75, 3.05) is 13.1 Å². The summed E-state index contributed by atoms with van der Waals surface area (Å²) in [4.78, 5) is 11.5. The molecule has 2 amide bonds. The molecule has 3 N–H and O–H groups in total. The zero-order valence-corrected chi connectivity index (χ0v) is 9.16. The van der Waals surface area contributed by atoms with Crippen molar-refractivity contribution in [3.05, 3.63) is 0 Å². The van der Waals surface area contributed by atoms with Crippen molar-refractivity contribution in [1.82, 2.24) is 10.3 Å². The van der Waals surface area contributed by atoms with Gasteiger partial charge in [0, 0.05) is 13.1 Å². The second-order valence-corrected chi connectivity index (χ2v) is 3.47. The van der Waals surface area contributed by atoms with Gasteiger partial charge in [-0.1, -0.05) is 20.8 Å². The van der Waals surface area contributed by atoms with E-state index in [0.717, 1.165) is 12.8 Å². The Morgan fingerprint density at radius 2 is 2.29 bits per heavy atom. The lowest BCUT2D eigenvalue weighted by atomic mass is 10.2. The van der Waals surface area contributed by atoms with Gasteiger partial charge < -0.3 is 11.1 Å². The van der Waals surface area contributed by atoms with Gasteiger partial charge in [0.15, 0.2) is 0 Å². The third-order valence-electron chi connectivity index (χ3n) is 1.54. The number of hydrogen-bond acceptors (Lipinski definition) is 2. The Balaban J connectivity index is 4.01. The van der Waals surface area contributed by atoms with Crippen LogP contribution in [0.5, 0.6) is 0 Å². The van der Waals surface area contributed by atoms with Crippen LogP contribution in [0.2, 0.25) is 0 Å². The van der Waals surface area contributed by atoms with Crippen LogP contribution < -0.4 is 11.1 Å². The summed E-state index contributed by atoms with van der Waals surface area (Å²) in [5, 5.41) is 7.87. The lowest BCUT2D eigenvalue weighted by Gasteiger charge is -2.17. The quantitative estimate of drug-likeness (QED) is 0.394. The van der Waals surface area contributed by atoms with Crippen molar-refractivity contribution < 1.29 is 4.79 Å². The molecule has 14 heavy (non-hydrogen) atoms. The monoisotopic (exact) mass is 200 g/mol. The Hall–Kier alpha value is -1.26. The summed E-state index contributed by atoms with van der Waals surface area (Å²) in [6.07, 6.45) is 1.98. The number of nitrogens with one attached hydrogen (secondary N) is 1. The van der Waals surface area contributed by atoms with E-state index in [4.69, 9.17) is 5.73 Å². The molecule has 5 heteroatoms. The van der Waals surface area contributed by atoms with E-state index in [1.54, 1.807) is 0 Å². The number of hydrazone groups is 1. The van der Waals surface area contributed by atoms with Gasteiger partial charge in [-0.15, -0.1) is 0 Å². The second kappa shape index (κ2) is 7.17. The van der Waals surface area contributed by atoms with Crippen LogP contribution in [0.3, 0.4) is 0 Å². The molecule has 82 valence electrons. The summed E-state index contributed by atoms with van der Waals surface area (Å²) in [6.45, 7) is 7.29. The molecule has 0 aromatic carbocycles. The molecule has 0 aromatic rings. The highest BCUT2D eigenvalue weighted by atomic mass is 16.2. The topological polar surface area (TPSA) is 70.7 Å². The molecule has 0 bridgehead atoms. The van der Waals surface area contributed by atoms with Gasteiger partial charge in [0.25, 0.3) is 0 Å². The van der Waals surface area contributed by atoms with Crippen LogP contribution in [0.4, 0.5) is 4.79 Å². The molecule has 0 rings (SSSR count). The van der Waals surface area contributed by atoms with Gasteiger partial charge in [0.1, 0.15) is 6.34 Å². The standard InChI is InChI=1S/C9H20N4O/c1-4-5-13(12-7-10)9(14)11-6-8(2)3/h7-8H,4-6H2,1-3H3,(H2,10,12)(H,11,14). The van der Waals surface area contributed by atoms with Gasteiger partial charge in [-0.05, 0) is 12.3 Å². The summed E-state index contributed by atoms with van der Waals surface area (Å²) >= 11 is 0. The normalized spacial score (nSPS) is 10.9. The third-order valence-corrected chi connectivity index (χ3v) is 1.54. The highest BCUT2D eigenvalue weighted by Gasteiger charge is 2.10. The van der Waals surface area contributed by atoms with Gasteiger partial charge in [-0.3, -0.25) is 0 Å². The van der Waals surface area contributed by atoms with E-state index in [1.165, 1.54) is 5.01 Å². The fourth-order valence-electron chi connectivity index (χ4n) is 0.887. The SMILES string of the molecule is CCCN(/N=C\N)C(=O)NCC(C)C. The first-order valence-corrected chi connectivity index (χ1v) is 4.91. The number of urea groups is 1. The second-order valence-electron chi connectivity index (χ2n) is 3.47. The Bertz CT molecular complexity index is 191. The van der Waals surface area contributed by atoms with Gasteiger partial charge >= 0.3 is 6.03 Å². The van der Waals surface area contributed by atoms with Crippen molar-refractivity contribution in [3.63, 3.8) is 0 Å². The minimum atomic E-state index is -0.192. The third kappa shape index (κ3) is 5.40. The van der Waals surface area contributed by atoms with Gasteiger partial charge in [0.2, 0.25) is 0 Å². The minimum Gasteiger partial charge on any atom is -0.388 e. The fraction of sp³-hybridized carbons (Fsp3) is 0.778. The summed E-state index contributed by atoms with van der Waals surface area (Å²) in [5.41, 5.74) is 5.14. The molecule has 0 unspecified atom stereocenters. The molecule has 0 atom stereocenters. The molecule has 5 nitrogen and oxygen atoms in total. The summed E-state index contributed by atoms with van der Waals surface area (Å²) in [7, 11) is 0. The molecule has 0 fully saturated rings. The predicted octanol–water partition coefficient (Wildman–Crippen LogP) is 0.966. The molecule has 0 saturated heterocycles. The summed E-state index contributed by atoms with van der Waals surface area (Å²) in [6, 6.07) is -0.192. The first kappa shape index (κ1) is 12.7. The van der Waals surface area contributed by atoms with Crippen molar-refractivity contribution in [2.24, 2.45) is 16.8 Å². The maximum absolute atomic E-state index is 11.5. The van der Waals surface area contributed by atoms with E-state index < -0.39 is 0 Å². The first-order chi connectivity index (χ1) is 6.61. The van der Waals surface area contributed by atoms with Gasteiger partial charge in [-0.2, -0.15) is 5.10 Å². The van der Waals surface area contributed by atoms with E-state index >= 15 is 0 Å². The fourth-order valence-corrected chi connectivity index (χ4v) is 0.887. The highest BCUT2D eigenvalue weighted by molar-refractivity contribution is 5.74.